The van der Waals surface area contributed by atoms with Crippen molar-refractivity contribution in [1.29, 1.82) is 0 Å². The molecule has 0 aliphatic carbocycles. The highest BCUT2D eigenvalue weighted by atomic mass is 16.5. The molecule has 0 amide bonds. The minimum atomic E-state index is 0.176. The second kappa shape index (κ2) is 10.4. The monoisotopic (exact) mass is 346 g/mol. The fraction of sp³-hybridized carbons (Fsp3) is 0.650. The van der Waals surface area contributed by atoms with Gasteiger partial charge in [-0.1, -0.05) is 44.2 Å². The minimum Gasteiger partial charge on any atom is -0.374 e. The van der Waals surface area contributed by atoms with Crippen LogP contribution in [0.4, 0.5) is 0 Å². The minimum absolute atomic E-state index is 0.176. The van der Waals surface area contributed by atoms with E-state index in [1.807, 2.05) is 6.07 Å². The normalized spacial score (nSPS) is 20.5. The van der Waals surface area contributed by atoms with Crippen molar-refractivity contribution in [3.05, 3.63) is 35.9 Å². The summed E-state index contributed by atoms with van der Waals surface area (Å²) in [6.07, 6.45) is 0.176. The second-order valence-corrected chi connectivity index (χ2v) is 7.14. The molecule has 1 fully saturated rings. The van der Waals surface area contributed by atoms with Crippen LogP contribution in [0.25, 0.3) is 0 Å². The predicted molar refractivity (Wildman–Crippen MR) is 105 cm³/mol. The number of rotatable bonds is 7. The number of guanidine groups is 1. The first-order valence-electron chi connectivity index (χ1n) is 9.52. The van der Waals surface area contributed by atoms with E-state index < -0.39 is 0 Å². The summed E-state index contributed by atoms with van der Waals surface area (Å²) in [6, 6.07) is 10.7. The number of benzene rings is 1. The topological polar surface area (TPSA) is 48.9 Å². The fourth-order valence-corrected chi connectivity index (χ4v) is 3.12. The summed E-state index contributed by atoms with van der Waals surface area (Å²) >= 11 is 0. The van der Waals surface area contributed by atoms with Crippen molar-refractivity contribution in [1.82, 2.24) is 15.5 Å². The van der Waals surface area contributed by atoms with Crippen LogP contribution in [0.1, 0.15) is 39.3 Å². The number of nitrogens with one attached hydrogen (secondary N) is 2. The van der Waals surface area contributed by atoms with E-state index in [1.54, 1.807) is 0 Å². The molecule has 1 aromatic carbocycles. The van der Waals surface area contributed by atoms with E-state index >= 15 is 0 Å². The van der Waals surface area contributed by atoms with Crippen molar-refractivity contribution in [2.45, 2.75) is 39.8 Å². The van der Waals surface area contributed by atoms with Gasteiger partial charge in [-0.25, -0.2) is 0 Å². The lowest BCUT2D eigenvalue weighted by molar-refractivity contribution is -0.0262. The van der Waals surface area contributed by atoms with Gasteiger partial charge in [0, 0.05) is 26.2 Å². The molecule has 0 saturated carbocycles. The van der Waals surface area contributed by atoms with Crippen molar-refractivity contribution in [3.63, 3.8) is 0 Å². The predicted octanol–water partition coefficient (Wildman–Crippen LogP) is 2.66. The zero-order valence-corrected chi connectivity index (χ0v) is 16.2. The molecular weight excluding hydrogens is 312 g/mol. The van der Waals surface area contributed by atoms with E-state index in [2.05, 4.69) is 67.5 Å². The molecule has 2 unspecified atom stereocenters. The zero-order valence-electron chi connectivity index (χ0n) is 16.2. The van der Waals surface area contributed by atoms with Gasteiger partial charge in [-0.3, -0.25) is 9.89 Å². The van der Waals surface area contributed by atoms with Gasteiger partial charge in [0.05, 0.1) is 25.3 Å². The third kappa shape index (κ3) is 7.04. The first-order chi connectivity index (χ1) is 12.1. The lowest BCUT2D eigenvalue weighted by atomic mass is 10.1. The Labute approximate surface area is 152 Å². The van der Waals surface area contributed by atoms with Crippen LogP contribution in [0.3, 0.4) is 0 Å². The Morgan fingerprint density at radius 2 is 2.04 bits per heavy atom. The smallest absolute Gasteiger partial charge is 0.191 e. The third-order valence-corrected chi connectivity index (χ3v) is 4.30. The molecule has 1 heterocycles. The Morgan fingerprint density at radius 3 is 2.72 bits per heavy atom. The summed E-state index contributed by atoms with van der Waals surface area (Å²) in [5, 5.41) is 6.82. The van der Waals surface area contributed by atoms with Crippen LogP contribution in [-0.4, -0.2) is 56.3 Å². The number of hydrogen-bond donors (Lipinski definition) is 2. The van der Waals surface area contributed by atoms with E-state index in [1.165, 1.54) is 5.56 Å². The van der Waals surface area contributed by atoms with Gasteiger partial charge >= 0.3 is 0 Å². The highest BCUT2D eigenvalue weighted by Gasteiger charge is 2.21. The number of morpholine rings is 1. The van der Waals surface area contributed by atoms with Crippen molar-refractivity contribution < 1.29 is 4.74 Å². The third-order valence-electron chi connectivity index (χ3n) is 4.30. The Hall–Kier alpha value is -1.59. The van der Waals surface area contributed by atoms with Crippen LogP contribution in [-0.2, 0) is 4.74 Å². The van der Waals surface area contributed by atoms with Crippen molar-refractivity contribution >= 4 is 5.96 Å². The molecule has 0 radical (unpaired) electrons. The maximum absolute atomic E-state index is 5.90. The van der Waals surface area contributed by atoms with E-state index in [0.717, 1.165) is 38.7 Å². The Kier molecular flexibility index (Phi) is 8.22. The van der Waals surface area contributed by atoms with E-state index in [9.17, 15) is 0 Å². The van der Waals surface area contributed by atoms with Gasteiger partial charge in [0.2, 0.25) is 0 Å². The van der Waals surface area contributed by atoms with E-state index in [4.69, 9.17) is 9.73 Å². The molecular formula is C20H34N4O. The average molecular weight is 347 g/mol. The molecule has 2 rings (SSSR count). The Balaban J connectivity index is 1.90. The summed E-state index contributed by atoms with van der Waals surface area (Å²) in [4.78, 5) is 7.25. The standard InChI is InChI=1S/C20H34N4O/c1-5-21-20(23-17(4)18-9-7-6-8-10-18)22-13-19-15-24(11-12-25-19)14-16(2)3/h6-10,16-17,19H,5,11-15H2,1-4H3,(H2,21,22,23). The molecule has 0 aromatic heterocycles. The van der Waals surface area contributed by atoms with Crippen molar-refractivity contribution in [3.8, 4) is 0 Å². The quantitative estimate of drug-likeness (QED) is 0.589. The molecule has 25 heavy (non-hydrogen) atoms. The highest BCUT2D eigenvalue weighted by Crippen LogP contribution is 2.11. The van der Waals surface area contributed by atoms with E-state index in [0.29, 0.717) is 12.5 Å². The molecule has 5 nitrogen and oxygen atoms in total. The number of ether oxygens (including phenoxy) is 1. The van der Waals surface area contributed by atoms with Gasteiger partial charge < -0.3 is 15.4 Å². The van der Waals surface area contributed by atoms with Crippen LogP contribution in [0.15, 0.2) is 35.3 Å². The van der Waals surface area contributed by atoms with Crippen LogP contribution in [0.5, 0.6) is 0 Å². The molecule has 1 aliphatic heterocycles. The van der Waals surface area contributed by atoms with Gasteiger partial charge in [0.1, 0.15) is 0 Å². The molecule has 2 N–H and O–H groups in total. The van der Waals surface area contributed by atoms with Crippen molar-refractivity contribution in [2.24, 2.45) is 10.9 Å². The van der Waals surface area contributed by atoms with Gasteiger partial charge in [0.25, 0.3) is 0 Å². The summed E-state index contributed by atoms with van der Waals surface area (Å²) < 4.78 is 5.90. The van der Waals surface area contributed by atoms with Crippen LogP contribution in [0, 0.1) is 5.92 Å². The van der Waals surface area contributed by atoms with Crippen LogP contribution < -0.4 is 10.6 Å². The summed E-state index contributed by atoms with van der Waals surface area (Å²) in [5.74, 6) is 1.54. The summed E-state index contributed by atoms with van der Waals surface area (Å²) in [7, 11) is 0. The van der Waals surface area contributed by atoms with Gasteiger partial charge in [-0.05, 0) is 25.3 Å². The molecule has 1 aromatic rings. The molecule has 0 spiro atoms. The summed E-state index contributed by atoms with van der Waals surface area (Å²) in [5.41, 5.74) is 1.25. The Morgan fingerprint density at radius 1 is 1.28 bits per heavy atom. The van der Waals surface area contributed by atoms with Crippen molar-refractivity contribution in [2.75, 3.05) is 39.3 Å². The fourth-order valence-electron chi connectivity index (χ4n) is 3.12. The Bertz CT molecular complexity index is 518. The highest BCUT2D eigenvalue weighted by molar-refractivity contribution is 5.80. The maximum Gasteiger partial charge on any atom is 0.191 e. The maximum atomic E-state index is 5.90. The lowest BCUT2D eigenvalue weighted by Gasteiger charge is -2.33. The van der Waals surface area contributed by atoms with Gasteiger partial charge in [0.15, 0.2) is 5.96 Å². The molecule has 140 valence electrons. The number of nitrogens with zero attached hydrogens (tertiary/aromatic N) is 2. The number of aliphatic imine (C=N–C) groups is 1. The largest absolute Gasteiger partial charge is 0.374 e. The van der Waals surface area contributed by atoms with Gasteiger partial charge in [-0.2, -0.15) is 0 Å². The molecule has 2 atom stereocenters. The first kappa shape index (κ1) is 19.7. The number of hydrogen-bond acceptors (Lipinski definition) is 3. The van der Waals surface area contributed by atoms with E-state index in [-0.39, 0.29) is 12.1 Å². The second-order valence-electron chi connectivity index (χ2n) is 7.14. The van der Waals surface area contributed by atoms with Crippen LogP contribution >= 0.6 is 0 Å². The average Bonchev–Trinajstić information content (AvgIpc) is 2.60. The molecule has 1 saturated heterocycles. The zero-order chi connectivity index (χ0) is 18.1. The summed E-state index contributed by atoms with van der Waals surface area (Å²) in [6.45, 7) is 14.2. The molecule has 1 aliphatic rings. The lowest BCUT2D eigenvalue weighted by Crippen LogP contribution is -2.46. The molecule has 0 bridgehead atoms. The first-order valence-corrected chi connectivity index (χ1v) is 9.52. The van der Waals surface area contributed by atoms with Gasteiger partial charge in [-0.15, -0.1) is 0 Å². The SMILES string of the molecule is CCNC(=NCC1CN(CC(C)C)CCO1)NC(C)c1ccccc1. The van der Waals surface area contributed by atoms with Crippen LogP contribution in [0.2, 0.25) is 0 Å². The molecule has 5 heteroatoms.